The van der Waals surface area contributed by atoms with E-state index in [2.05, 4.69) is 27.7 Å². The highest BCUT2D eigenvalue weighted by molar-refractivity contribution is 5.77. The molecular weight excluding hydrogens is 240 g/mol. The van der Waals surface area contributed by atoms with Gasteiger partial charge in [-0.05, 0) is 24.2 Å². The predicted molar refractivity (Wildman–Crippen MR) is 78.2 cm³/mol. The summed E-state index contributed by atoms with van der Waals surface area (Å²) in [4.78, 5) is 22.5. The Hall–Kier alpha value is -1.06. The first-order chi connectivity index (χ1) is 8.73. The third-order valence-electron chi connectivity index (χ3n) is 4.42. The van der Waals surface area contributed by atoms with Gasteiger partial charge in [-0.1, -0.05) is 47.0 Å². The van der Waals surface area contributed by atoms with Gasteiger partial charge < -0.3 is 11.5 Å². The monoisotopic (exact) mass is 270 g/mol. The number of nitrogens with two attached hydrogens (primary N) is 2. The van der Waals surface area contributed by atoms with Crippen molar-refractivity contribution < 1.29 is 9.59 Å². The van der Waals surface area contributed by atoms with Gasteiger partial charge >= 0.3 is 0 Å². The number of amides is 2. The molecule has 112 valence electrons. The minimum atomic E-state index is -0.319. The quantitative estimate of drug-likeness (QED) is 0.639. The third-order valence-corrected chi connectivity index (χ3v) is 4.42. The summed E-state index contributed by atoms with van der Waals surface area (Å²) in [5, 5.41) is 0. The van der Waals surface area contributed by atoms with Crippen LogP contribution in [0.25, 0.3) is 0 Å². The van der Waals surface area contributed by atoms with Crippen molar-refractivity contribution in [3.8, 4) is 0 Å². The van der Waals surface area contributed by atoms with Gasteiger partial charge in [-0.2, -0.15) is 0 Å². The summed E-state index contributed by atoms with van der Waals surface area (Å²) in [6.45, 7) is 8.55. The van der Waals surface area contributed by atoms with Gasteiger partial charge in [0, 0.05) is 12.3 Å². The van der Waals surface area contributed by atoms with Crippen molar-refractivity contribution in [2.24, 2.45) is 28.7 Å². The van der Waals surface area contributed by atoms with Gasteiger partial charge in [0.25, 0.3) is 0 Å². The zero-order chi connectivity index (χ0) is 15.1. The van der Waals surface area contributed by atoms with Crippen LogP contribution in [-0.4, -0.2) is 11.8 Å². The van der Waals surface area contributed by atoms with Crippen LogP contribution in [0.3, 0.4) is 0 Å². The fraction of sp³-hybridized carbons (Fsp3) is 0.867. The largest absolute Gasteiger partial charge is 0.370 e. The maximum absolute atomic E-state index is 11.7. The van der Waals surface area contributed by atoms with Crippen molar-refractivity contribution in [3.63, 3.8) is 0 Å². The van der Waals surface area contributed by atoms with Crippen LogP contribution in [0.2, 0.25) is 0 Å². The molecule has 19 heavy (non-hydrogen) atoms. The normalized spacial score (nSPS) is 14.9. The van der Waals surface area contributed by atoms with Crippen LogP contribution in [0, 0.1) is 17.3 Å². The Labute approximate surface area is 117 Å². The van der Waals surface area contributed by atoms with Crippen LogP contribution in [-0.2, 0) is 9.59 Å². The van der Waals surface area contributed by atoms with Gasteiger partial charge in [0.05, 0.1) is 0 Å². The molecule has 2 atom stereocenters. The average Bonchev–Trinajstić information content (AvgIpc) is 2.30. The van der Waals surface area contributed by atoms with E-state index < -0.39 is 0 Å². The van der Waals surface area contributed by atoms with E-state index in [-0.39, 0.29) is 23.1 Å². The summed E-state index contributed by atoms with van der Waals surface area (Å²) in [5.74, 6) is -0.352. The number of carbonyl (C=O) groups excluding carboxylic acids is 2. The second-order valence-corrected chi connectivity index (χ2v) is 6.18. The van der Waals surface area contributed by atoms with Gasteiger partial charge in [0.2, 0.25) is 11.8 Å². The lowest BCUT2D eigenvalue weighted by Crippen LogP contribution is -2.40. The molecule has 4 heteroatoms. The van der Waals surface area contributed by atoms with Crippen molar-refractivity contribution in [3.05, 3.63) is 0 Å². The van der Waals surface area contributed by atoms with Gasteiger partial charge in [-0.25, -0.2) is 0 Å². The molecule has 0 fully saturated rings. The van der Waals surface area contributed by atoms with E-state index in [1.54, 1.807) is 0 Å². The van der Waals surface area contributed by atoms with E-state index in [9.17, 15) is 9.59 Å². The molecule has 4 N–H and O–H groups in total. The number of unbranched alkanes of at least 4 members (excludes halogenated alkanes) is 1. The summed E-state index contributed by atoms with van der Waals surface area (Å²) in [5.41, 5.74) is 10.5. The molecular formula is C15H30N2O2. The first-order valence-corrected chi connectivity index (χ1v) is 7.31. The first-order valence-electron chi connectivity index (χ1n) is 7.31. The molecule has 0 aliphatic heterocycles. The Kier molecular flexibility index (Phi) is 7.72. The van der Waals surface area contributed by atoms with Crippen molar-refractivity contribution in [1.82, 2.24) is 0 Å². The van der Waals surface area contributed by atoms with Gasteiger partial charge in [-0.3, -0.25) is 9.59 Å². The van der Waals surface area contributed by atoms with E-state index in [1.165, 1.54) is 0 Å². The van der Waals surface area contributed by atoms with Gasteiger partial charge in [-0.15, -0.1) is 0 Å². The predicted octanol–water partition coefficient (Wildman–Crippen LogP) is 2.60. The van der Waals surface area contributed by atoms with E-state index in [4.69, 9.17) is 11.5 Å². The van der Waals surface area contributed by atoms with Crippen LogP contribution in [0.1, 0.15) is 66.2 Å². The zero-order valence-corrected chi connectivity index (χ0v) is 12.9. The molecule has 4 nitrogen and oxygen atoms in total. The van der Waals surface area contributed by atoms with Gasteiger partial charge in [0.1, 0.15) is 0 Å². The summed E-state index contributed by atoms with van der Waals surface area (Å²) in [6, 6.07) is 0. The minimum absolute atomic E-state index is 0.140. The Bertz CT molecular complexity index is 301. The molecule has 0 saturated carbocycles. The van der Waals surface area contributed by atoms with Crippen LogP contribution in [0.15, 0.2) is 0 Å². The Balaban J connectivity index is 4.64. The molecule has 0 aromatic rings. The molecule has 0 aliphatic carbocycles. The zero-order valence-electron chi connectivity index (χ0n) is 12.9. The number of carbonyl (C=O) groups is 2. The molecule has 2 amide bonds. The highest BCUT2D eigenvalue weighted by Crippen LogP contribution is 2.40. The fourth-order valence-electron chi connectivity index (χ4n) is 2.59. The lowest BCUT2D eigenvalue weighted by molar-refractivity contribution is -0.127. The lowest BCUT2D eigenvalue weighted by Gasteiger charge is -2.38. The van der Waals surface area contributed by atoms with Crippen LogP contribution >= 0.6 is 0 Å². The Morgan fingerprint density at radius 1 is 1.11 bits per heavy atom. The minimum Gasteiger partial charge on any atom is -0.370 e. The van der Waals surface area contributed by atoms with Crippen molar-refractivity contribution in [1.29, 1.82) is 0 Å². The molecule has 0 aromatic heterocycles. The maximum atomic E-state index is 11.7. The van der Waals surface area contributed by atoms with Crippen LogP contribution in [0.4, 0.5) is 0 Å². The number of hydrogen-bond donors (Lipinski definition) is 2. The van der Waals surface area contributed by atoms with Crippen LogP contribution in [0.5, 0.6) is 0 Å². The molecule has 0 rings (SSSR count). The van der Waals surface area contributed by atoms with E-state index in [0.29, 0.717) is 25.2 Å². The molecule has 2 unspecified atom stereocenters. The number of primary amides is 2. The number of hydrogen-bond acceptors (Lipinski definition) is 2. The second kappa shape index (κ2) is 8.18. The van der Waals surface area contributed by atoms with E-state index in [1.807, 2.05) is 0 Å². The standard InChI is InChI=1S/C15H30N2O2/c1-5-6-8-11(2)15(3,4)12(14(17)19)9-7-10-13(16)18/h11-12H,5-10H2,1-4H3,(H2,16,18)(H2,17,19). The van der Waals surface area contributed by atoms with Crippen LogP contribution < -0.4 is 11.5 Å². The summed E-state index contributed by atoms with van der Waals surface area (Å²) in [6.07, 6.45) is 5.02. The molecule has 0 aromatic carbocycles. The molecule has 0 heterocycles. The van der Waals surface area contributed by atoms with E-state index in [0.717, 1.165) is 19.3 Å². The smallest absolute Gasteiger partial charge is 0.221 e. The van der Waals surface area contributed by atoms with Crippen molar-refractivity contribution in [2.45, 2.75) is 66.2 Å². The molecule has 0 saturated heterocycles. The fourth-order valence-corrected chi connectivity index (χ4v) is 2.59. The summed E-state index contributed by atoms with van der Waals surface area (Å²) in [7, 11) is 0. The Morgan fingerprint density at radius 3 is 2.11 bits per heavy atom. The number of rotatable bonds is 10. The Morgan fingerprint density at radius 2 is 1.68 bits per heavy atom. The summed E-state index contributed by atoms with van der Waals surface area (Å²) < 4.78 is 0. The SMILES string of the molecule is CCCCC(C)C(C)(C)C(CCCC(N)=O)C(N)=O. The molecule has 0 radical (unpaired) electrons. The molecule has 0 bridgehead atoms. The second-order valence-electron chi connectivity index (χ2n) is 6.18. The molecule has 0 spiro atoms. The maximum Gasteiger partial charge on any atom is 0.221 e. The van der Waals surface area contributed by atoms with Gasteiger partial charge in [0.15, 0.2) is 0 Å². The lowest BCUT2D eigenvalue weighted by atomic mass is 9.66. The third kappa shape index (κ3) is 6.08. The topological polar surface area (TPSA) is 86.2 Å². The van der Waals surface area contributed by atoms with E-state index >= 15 is 0 Å². The average molecular weight is 270 g/mol. The van der Waals surface area contributed by atoms with Crippen molar-refractivity contribution >= 4 is 11.8 Å². The highest BCUT2D eigenvalue weighted by Gasteiger charge is 2.37. The molecule has 0 aliphatic rings. The van der Waals surface area contributed by atoms with Crippen molar-refractivity contribution in [2.75, 3.05) is 0 Å². The highest BCUT2D eigenvalue weighted by atomic mass is 16.1. The summed E-state index contributed by atoms with van der Waals surface area (Å²) >= 11 is 0. The first kappa shape index (κ1) is 17.9.